The van der Waals surface area contributed by atoms with Gasteiger partial charge in [-0.15, -0.1) is 25.2 Å². The van der Waals surface area contributed by atoms with Crippen LogP contribution in [0.25, 0.3) is 0 Å². The average Bonchev–Trinajstić information content (AvgIpc) is 1.63. The molecule has 4 atom stereocenters. The molecule has 8 N–H and O–H groups in total. The summed E-state index contributed by atoms with van der Waals surface area (Å²) >= 11 is 18.7. The molecule has 0 radical (unpaired) electrons. The number of pyridine rings is 2. The van der Waals surface area contributed by atoms with E-state index in [0.717, 1.165) is 75.4 Å². The van der Waals surface area contributed by atoms with E-state index in [9.17, 15) is 39.0 Å². The monoisotopic (exact) mass is 1630 g/mol. The van der Waals surface area contributed by atoms with Crippen LogP contribution >= 0.6 is 71.1 Å². The number of nitrogens with two attached hydrogens (primary N) is 1. The van der Waals surface area contributed by atoms with Crippen molar-refractivity contribution < 1.29 is 88.7 Å². The molecule has 0 saturated heterocycles. The van der Waals surface area contributed by atoms with Crippen LogP contribution in [0.5, 0.6) is 15.9 Å². The fourth-order valence-electron chi connectivity index (χ4n) is 9.67. The van der Waals surface area contributed by atoms with Gasteiger partial charge in [0.1, 0.15) is 36.3 Å². The molecule has 610 valence electrons. The quantitative estimate of drug-likeness (QED) is 0.0120. The van der Waals surface area contributed by atoms with Crippen molar-refractivity contribution >= 4 is 127 Å². The summed E-state index contributed by atoms with van der Waals surface area (Å²) in [5.41, 5.74) is 6.84. The first-order valence-electron chi connectivity index (χ1n) is 36.7. The van der Waals surface area contributed by atoms with Crippen LogP contribution in [0, 0.1) is 70.0 Å². The molecule has 21 nitrogen and oxygen atoms in total. The molecule has 28 heteroatoms. The van der Waals surface area contributed by atoms with Crippen LogP contribution in [-0.4, -0.2) is 119 Å². The minimum Gasteiger partial charge on any atom is -0.870 e. The Kier molecular flexibility index (Phi) is 43.4. The van der Waals surface area contributed by atoms with Crippen LogP contribution in [0.4, 0.5) is 11.5 Å². The molecule has 0 bridgehead atoms. The maximum Gasteiger partial charge on any atom is 1.00 e. The maximum absolute atomic E-state index is 11.7. The Hall–Kier alpha value is -5.22. The van der Waals surface area contributed by atoms with Gasteiger partial charge in [0.25, 0.3) is 0 Å². The van der Waals surface area contributed by atoms with Crippen LogP contribution < -0.4 is 40.0 Å². The van der Waals surface area contributed by atoms with Crippen molar-refractivity contribution in [1.29, 1.82) is 0 Å². The number of methoxy groups -OCH3 is 3. The third kappa shape index (κ3) is 38.4. The van der Waals surface area contributed by atoms with E-state index < -0.39 is 23.7 Å². The Balaban J connectivity index is 0. The number of aliphatic hydroxyl groups is 1. The summed E-state index contributed by atoms with van der Waals surface area (Å²) in [5.74, 6) is 2.02. The first kappa shape index (κ1) is 104. The van der Waals surface area contributed by atoms with E-state index in [4.69, 9.17) is 62.7 Å². The third-order valence-corrected chi connectivity index (χ3v) is 21.1. The van der Waals surface area contributed by atoms with Crippen molar-refractivity contribution in [3.63, 3.8) is 0 Å². The first-order valence-corrected chi connectivity index (χ1v) is 39.0. The number of carboxylic acid groups (broad SMARTS) is 1. The minimum absolute atomic E-state index is 0. The number of aromatic nitrogens is 4. The van der Waals surface area contributed by atoms with E-state index in [2.05, 4.69) is 104 Å². The molecule has 4 aromatic heterocycles. The summed E-state index contributed by atoms with van der Waals surface area (Å²) in [6.45, 7) is 39.6. The maximum atomic E-state index is 11.7. The molecule has 6 saturated carbocycles. The number of terminal acetylenes is 1. The zero-order valence-electron chi connectivity index (χ0n) is 69.4. The molecule has 0 unspecified atom stereocenters. The summed E-state index contributed by atoms with van der Waals surface area (Å²) in [4.78, 5) is 86.6. The van der Waals surface area contributed by atoms with Gasteiger partial charge in [-0.05, 0) is 177 Å². The number of esters is 3. The number of nitrogens with one attached hydrogen (secondary N) is 2. The number of halogens is 2. The summed E-state index contributed by atoms with van der Waals surface area (Å²) in [6, 6.07) is 6.29. The standard InChI is InChI=1S/C23H28N4O2S.C12H20O2S.C11H19NO3.C11H18O2S.C10H15NOS.C7H15NO2.C4H5ClO.C2H2.CH4.ClH.Li.H2O/c1-22(2,3)19-21(30-20(27-19)14-6-7-14)29-16-9-11-25-18(13-16)26-15-8-10-24-17(12-15)23(4,5)28;1-12(2,3)9(11(13)14-4)7-10(15)8-5-6-8;1-11(2,3)8(10(14)15-4)12-9(13)7-5-6-7;1-11(2,3)8(10(12)13)6-9(14)7-4-5-7;1-10(2,3)7-9(12)13-8(11-7)6-4-5-6;1-7(2,3)5(8)6(9)10-4;5-4(6)3-1-2-3;1-2;;;;/h8-14,28H,6-7H2,1-5H3,(H,24,25,26);8-9H,5-7H2,1-4H3;7-8H,5-6H2,1-4H3,(H,12,13);7-8H,4-6H2,1-3H3,(H,12,13);6,12H,4-5H2,1-3H3;5H,8H2,1-4H3;3H,1-2H2;1-2H;1H4;1H;;1H2/q;;;;;;;;;;+1;/p-1/t;9-;2*8-;;5-;;;;;;/m.111.1....../s1/i;;;;;;;1D;;;;. The second-order valence-corrected chi connectivity index (χ2v) is 38.1. The van der Waals surface area contributed by atoms with Crippen LogP contribution in [0.1, 0.15) is 276 Å². The molecular weight excluding hydrogens is 1500 g/mol. The molecule has 4 aromatic rings. The largest absolute Gasteiger partial charge is 1.00 e. The van der Waals surface area contributed by atoms with Gasteiger partial charge in [0.05, 0.1) is 54.6 Å². The van der Waals surface area contributed by atoms with Crippen molar-refractivity contribution in [3.8, 4) is 28.7 Å². The number of aromatic hydroxyl groups is 1. The molecule has 6 aliphatic rings. The molecule has 6 fully saturated rings. The predicted molar refractivity (Wildman–Crippen MR) is 445 cm³/mol. The SMILES string of the molecule is C.CC(C)(C)[C@H](CC(=S)C1CC1)C(=O)O.CC(C)(C)c1nc(C2CC2)sc1O.CC(C)(C)c1nc(C2CC2)sc1Oc1ccnc(Nc2ccnc(C(C)(C)O)c2)c1.COC(=O)[C@@H](CC(=S)C1CC1)C(C)(C)C.COC(=O)[C@@H](N)C(C)(C)C.COC(=O)[C@@H](NC(=O)C1CC1)C(C)(C)C.Cl.O=C(Cl)C1CC1.[2H]C#C.[Li+].[OH-]. The van der Waals surface area contributed by atoms with Crippen molar-refractivity contribution in [2.75, 3.05) is 26.6 Å². The van der Waals surface area contributed by atoms with Crippen LogP contribution in [0.2, 0.25) is 0 Å². The van der Waals surface area contributed by atoms with Gasteiger partial charge in [-0.25, -0.2) is 19.7 Å². The van der Waals surface area contributed by atoms with E-state index in [-0.39, 0.29) is 129 Å². The smallest absolute Gasteiger partial charge is 0.870 e. The number of nitrogens with zero attached hydrogens (tertiary/aromatic N) is 4. The number of ether oxygens (including phenoxy) is 4. The van der Waals surface area contributed by atoms with Gasteiger partial charge in [-0.1, -0.05) is 179 Å². The number of carbonyl (C=O) groups is 6. The fourth-order valence-corrected chi connectivity index (χ4v) is 13.2. The molecule has 0 aliphatic heterocycles. The van der Waals surface area contributed by atoms with E-state index in [1.54, 1.807) is 37.6 Å². The van der Waals surface area contributed by atoms with Crippen LogP contribution in [0.15, 0.2) is 36.7 Å². The number of carbonyl (C=O) groups excluding carboxylic acids is 5. The number of thiazole rings is 2. The Bertz CT molecular complexity index is 3580. The molecule has 0 aromatic carbocycles. The normalized spacial score (nSPS) is 16.2. The number of hydrogen-bond donors (Lipinski definition) is 6. The zero-order chi connectivity index (χ0) is 81.0. The topological polar surface area (TPSA) is 332 Å². The van der Waals surface area contributed by atoms with Crippen molar-refractivity contribution in [2.45, 2.75) is 276 Å². The number of thiocarbonyl (C=S) groups is 2. The minimum atomic E-state index is -1.01. The Morgan fingerprint density at radius 3 is 1.39 bits per heavy atom. The van der Waals surface area contributed by atoms with Gasteiger partial charge in [0.2, 0.25) is 16.2 Å². The second kappa shape index (κ2) is 45.6. The van der Waals surface area contributed by atoms with Gasteiger partial charge in [-0.3, -0.25) is 29.0 Å². The zero-order valence-corrected chi connectivity index (χ0v) is 73.2. The summed E-state index contributed by atoms with van der Waals surface area (Å²) < 4.78 is 26.0. The molecule has 1 amide bonds. The molecular formula is C81H128Cl2LiN7O14S4. The Morgan fingerprint density at radius 1 is 0.633 bits per heavy atom. The predicted octanol–water partition coefficient (Wildman–Crippen LogP) is 15.7. The van der Waals surface area contributed by atoms with Crippen molar-refractivity contribution in [2.24, 2.45) is 62.9 Å². The number of anilines is 2. The fraction of sp³-hybridized carbons (Fsp3) is 0.679. The average molecular weight is 1630 g/mol. The number of aliphatic carboxylic acids is 1. The summed E-state index contributed by atoms with van der Waals surface area (Å²) in [7, 11) is 4.12. The molecule has 4 heterocycles. The number of hydrogen-bond acceptors (Lipinski definition) is 23. The van der Waals surface area contributed by atoms with E-state index in [0.29, 0.717) is 58.8 Å². The van der Waals surface area contributed by atoms with E-state index >= 15 is 0 Å². The van der Waals surface area contributed by atoms with Crippen LogP contribution in [0.3, 0.4) is 0 Å². The number of carboxylic acids is 1. The van der Waals surface area contributed by atoms with Gasteiger partial charge >= 0.3 is 42.7 Å². The second-order valence-electron chi connectivity index (χ2n) is 34.7. The van der Waals surface area contributed by atoms with Gasteiger partial charge in [0, 0.05) is 58.6 Å². The Labute approximate surface area is 694 Å². The summed E-state index contributed by atoms with van der Waals surface area (Å²) in [5, 5.41) is 38.4. The molecule has 109 heavy (non-hydrogen) atoms. The van der Waals surface area contributed by atoms with Crippen LogP contribution in [-0.2, 0) is 59.4 Å². The first-order chi connectivity index (χ1) is 48.7. The molecule has 10 rings (SSSR count). The van der Waals surface area contributed by atoms with Gasteiger partial charge < -0.3 is 56.1 Å². The number of amides is 1. The van der Waals surface area contributed by atoms with Gasteiger partial charge in [-0.2, -0.15) is 0 Å². The Morgan fingerprint density at radius 2 is 1.06 bits per heavy atom. The van der Waals surface area contributed by atoms with E-state index in [1.807, 2.05) is 86.6 Å². The summed E-state index contributed by atoms with van der Waals surface area (Å²) in [6.07, 6.45) is 24.0. The molecule has 0 spiro atoms. The van der Waals surface area contributed by atoms with Crippen molar-refractivity contribution in [3.05, 3.63) is 63.8 Å². The third-order valence-electron chi connectivity index (χ3n) is 17.7. The number of rotatable bonds is 20. The van der Waals surface area contributed by atoms with Crippen molar-refractivity contribution in [1.82, 2.24) is 25.3 Å². The van der Waals surface area contributed by atoms with E-state index in [1.165, 1.54) is 82.6 Å². The molecule has 6 aliphatic carbocycles. The van der Waals surface area contributed by atoms with Gasteiger partial charge in [0.15, 0.2) is 5.06 Å².